The van der Waals surface area contributed by atoms with Gasteiger partial charge in [0, 0.05) is 17.9 Å². The third kappa shape index (κ3) is 2.27. The third-order valence-corrected chi connectivity index (χ3v) is 5.83. The quantitative estimate of drug-likeness (QED) is 0.733. The third-order valence-electron chi connectivity index (χ3n) is 4.16. The highest BCUT2D eigenvalue weighted by Gasteiger charge is 2.41. The summed E-state index contributed by atoms with van der Waals surface area (Å²) in [4.78, 5) is 1.24. The van der Waals surface area contributed by atoms with Gasteiger partial charge in [-0.2, -0.15) is 5.10 Å². The van der Waals surface area contributed by atoms with E-state index in [1.165, 1.54) is 10.4 Å². The molecular formula is C17H17BrN2OS. The highest BCUT2D eigenvalue weighted by atomic mass is 79.9. The molecular weight excluding hydrogens is 360 g/mol. The topological polar surface area (TPSA) is 24.8 Å². The van der Waals surface area contributed by atoms with Crippen molar-refractivity contribution in [2.75, 3.05) is 0 Å². The van der Waals surface area contributed by atoms with E-state index in [-0.39, 0.29) is 12.3 Å². The number of hydrogen-bond acceptors (Lipinski definition) is 4. The van der Waals surface area contributed by atoms with Crippen LogP contribution in [0.4, 0.5) is 0 Å². The van der Waals surface area contributed by atoms with Gasteiger partial charge in [0.05, 0.1) is 20.4 Å². The Balaban J connectivity index is 1.75. The summed E-state index contributed by atoms with van der Waals surface area (Å²) in [5, 5.41) is 7.07. The van der Waals surface area contributed by atoms with Gasteiger partial charge in [-0.25, -0.2) is 5.01 Å². The second-order valence-corrected chi connectivity index (χ2v) is 8.50. The van der Waals surface area contributed by atoms with Crippen LogP contribution in [-0.4, -0.2) is 16.9 Å². The minimum atomic E-state index is 0.000743. The highest BCUT2D eigenvalue weighted by molar-refractivity contribution is 9.11. The molecule has 1 aromatic heterocycles. The number of fused-ring (bicyclic) bond motifs is 3. The van der Waals surface area contributed by atoms with Crippen LogP contribution >= 0.6 is 27.3 Å². The van der Waals surface area contributed by atoms with Gasteiger partial charge >= 0.3 is 0 Å². The van der Waals surface area contributed by atoms with Gasteiger partial charge in [-0.1, -0.05) is 32.0 Å². The van der Waals surface area contributed by atoms with Crippen molar-refractivity contribution < 1.29 is 4.74 Å². The molecule has 3 heterocycles. The van der Waals surface area contributed by atoms with Crippen LogP contribution < -0.4 is 4.74 Å². The van der Waals surface area contributed by atoms with Crippen molar-refractivity contribution >= 4 is 33.0 Å². The summed E-state index contributed by atoms with van der Waals surface area (Å²) < 4.78 is 7.36. The molecule has 0 N–H and O–H groups in total. The number of benzene rings is 1. The molecule has 0 aliphatic carbocycles. The number of hydrazone groups is 1. The molecule has 5 heteroatoms. The normalized spacial score (nSPS) is 23.1. The maximum atomic E-state index is 6.21. The van der Waals surface area contributed by atoms with E-state index >= 15 is 0 Å². The SMILES string of the molecule is CC(C)[C@H]1Oc2ccccc2[C@@H]2CC(c3ccc(Br)s3)=NN12. The van der Waals surface area contributed by atoms with Gasteiger partial charge in [0.25, 0.3) is 0 Å². The maximum absolute atomic E-state index is 6.21. The van der Waals surface area contributed by atoms with Crippen molar-refractivity contribution in [2.45, 2.75) is 32.5 Å². The summed E-state index contributed by atoms with van der Waals surface area (Å²) in [6.07, 6.45) is 0.942. The van der Waals surface area contributed by atoms with Gasteiger partial charge in [-0.05, 0) is 34.1 Å². The standard InChI is InChI=1S/C17H17BrN2OS/c1-10(2)17-20-13(11-5-3-4-6-14(11)21-17)9-12(19-20)15-7-8-16(18)22-15/h3-8,10,13,17H,9H2,1-2H3/t13-,17+/m0/s1. The molecule has 0 spiro atoms. The van der Waals surface area contributed by atoms with Gasteiger partial charge in [0.15, 0.2) is 6.23 Å². The summed E-state index contributed by atoms with van der Waals surface area (Å²) in [7, 11) is 0. The zero-order chi connectivity index (χ0) is 15.3. The monoisotopic (exact) mass is 376 g/mol. The van der Waals surface area contributed by atoms with Crippen LogP contribution in [0.1, 0.15) is 36.8 Å². The molecule has 0 amide bonds. The first-order valence-corrected chi connectivity index (χ1v) is 9.11. The molecule has 2 atom stereocenters. The highest BCUT2D eigenvalue weighted by Crippen LogP contribution is 2.44. The number of halogens is 1. The van der Waals surface area contributed by atoms with E-state index in [0.29, 0.717) is 5.92 Å². The summed E-state index contributed by atoms with van der Waals surface area (Å²) in [5.74, 6) is 1.39. The Morgan fingerprint density at radius 3 is 2.82 bits per heavy atom. The molecule has 0 saturated heterocycles. The van der Waals surface area contributed by atoms with Crippen molar-refractivity contribution in [3.63, 3.8) is 0 Å². The molecule has 0 radical (unpaired) electrons. The summed E-state index contributed by atoms with van der Waals surface area (Å²) in [6.45, 7) is 4.37. The predicted octanol–water partition coefficient (Wildman–Crippen LogP) is 5.04. The lowest BCUT2D eigenvalue weighted by Crippen LogP contribution is -2.43. The molecule has 0 bridgehead atoms. The Labute approximate surface area is 142 Å². The summed E-state index contributed by atoms with van der Waals surface area (Å²) >= 11 is 5.28. The lowest BCUT2D eigenvalue weighted by atomic mass is 9.97. The molecule has 1 aromatic carbocycles. The van der Waals surface area contributed by atoms with E-state index in [2.05, 4.69) is 65.1 Å². The average molecular weight is 377 g/mol. The Morgan fingerprint density at radius 1 is 1.27 bits per heavy atom. The Hall–Kier alpha value is -1.33. The molecule has 22 heavy (non-hydrogen) atoms. The molecule has 0 unspecified atom stereocenters. The Kier molecular flexibility index (Phi) is 3.50. The van der Waals surface area contributed by atoms with E-state index < -0.39 is 0 Å². The van der Waals surface area contributed by atoms with Crippen molar-refractivity contribution in [3.05, 3.63) is 50.6 Å². The van der Waals surface area contributed by atoms with Gasteiger partial charge in [-0.15, -0.1) is 11.3 Å². The average Bonchev–Trinajstić information content (AvgIpc) is 3.12. The number of hydrogen-bond donors (Lipinski definition) is 0. The van der Waals surface area contributed by atoms with Crippen LogP contribution in [0.2, 0.25) is 0 Å². The first-order valence-electron chi connectivity index (χ1n) is 7.50. The van der Waals surface area contributed by atoms with Crippen molar-refractivity contribution in [3.8, 4) is 5.75 Å². The minimum Gasteiger partial charge on any atom is -0.468 e. The number of para-hydroxylation sites is 1. The fraction of sp³-hybridized carbons (Fsp3) is 0.353. The van der Waals surface area contributed by atoms with Crippen LogP contribution in [0, 0.1) is 5.92 Å². The van der Waals surface area contributed by atoms with Crippen LogP contribution in [0.15, 0.2) is 45.3 Å². The molecule has 0 saturated carbocycles. The van der Waals surface area contributed by atoms with Crippen molar-refractivity contribution in [1.82, 2.24) is 5.01 Å². The van der Waals surface area contributed by atoms with Gasteiger partial charge in [-0.3, -0.25) is 0 Å². The van der Waals surface area contributed by atoms with E-state index in [1.807, 2.05) is 6.07 Å². The molecule has 4 rings (SSSR count). The minimum absolute atomic E-state index is 0.000743. The fourth-order valence-electron chi connectivity index (χ4n) is 3.12. The van der Waals surface area contributed by atoms with Crippen LogP contribution in [-0.2, 0) is 0 Å². The van der Waals surface area contributed by atoms with Crippen LogP contribution in [0.25, 0.3) is 0 Å². The summed E-state index contributed by atoms with van der Waals surface area (Å²) in [5.41, 5.74) is 2.40. The van der Waals surface area contributed by atoms with Crippen molar-refractivity contribution in [2.24, 2.45) is 11.0 Å². The lowest BCUT2D eigenvalue weighted by molar-refractivity contribution is -0.0461. The molecule has 0 fully saturated rings. The second kappa shape index (κ2) is 5.39. The maximum Gasteiger partial charge on any atom is 0.190 e. The van der Waals surface area contributed by atoms with Crippen LogP contribution in [0.3, 0.4) is 0 Å². The van der Waals surface area contributed by atoms with E-state index in [9.17, 15) is 0 Å². The van der Waals surface area contributed by atoms with E-state index in [0.717, 1.165) is 21.7 Å². The lowest BCUT2D eigenvalue weighted by Gasteiger charge is -2.39. The fourth-order valence-corrected chi connectivity index (χ4v) is 4.50. The van der Waals surface area contributed by atoms with E-state index in [4.69, 9.17) is 9.84 Å². The smallest absolute Gasteiger partial charge is 0.190 e. The zero-order valence-corrected chi connectivity index (χ0v) is 14.9. The van der Waals surface area contributed by atoms with Crippen LogP contribution in [0.5, 0.6) is 5.75 Å². The molecule has 3 nitrogen and oxygen atoms in total. The molecule has 2 aliphatic rings. The molecule has 114 valence electrons. The van der Waals surface area contributed by atoms with Gasteiger partial charge in [0.1, 0.15) is 5.75 Å². The number of rotatable bonds is 2. The van der Waals surface area contributed by atoms with Gasteiger partial charge < -0.3 is 4.74 Å². The van der Waals surface area contributed by atoms with E-state index in [1.54, 1.807) is 11.3 Å². The first-order chi connectivity index (χ1) is 10.6. The van der Waals surface area contributed by atoms with Crippen molar-refractivity contribution in [1.29, 1.82) is 0 Å². The number of ether oxygens (including phenoxy) is 1. The van der Waals surface area contributed by atoms with Gasteiger partial charge in [0.2, 0.25) is 0 Å². The number of thiophene rings is 1. The molecule has 2 aromatic rings. The molecule has 2 aliphatic heterocycles. The summed E-state index contributed by atoms with van der Waals surface area (Å²) in [6, 6.07) is 12.9. The zero-order valence-electron chi connectivity index (χ0n) is 12.5. The Morgan fingerprint density at radius 2 is 2.09 bits per heavy atom. The second-order valence-electron chi connectivity index (χ2n) is 6.04. The first kappa shape index (κ1) is 14.3. The number of nitrogens with zero attached hydrogens (tertiary/aromatic N) is 2. The predicted molar refractivity (Wildman–Crippen MR) is 93.4 cm³/mol. The Bertz CT molecular complexity index is 740. The largest absolute Gasteiger partial charge is 0.468 e.